The number of fused-ring (bicyclic) bond motifs is 5. The van der Waals surface area contributed by atoms with Crippen molar-refractivity contribution in [2.45, 2.75) is 90.7 Å². The molecular weight excluding hydrogens is 430 g/mol. The number of hydrogen-bond donors (Lipinski definition) is 2. The maximum Gasteiger partial charge on any atom is 0.0710 e. The lowest BCUT2D eigenvalue weighted by molar-refractivity contribution is -0.0413. The molecule has 0 unspecified atom stereocenters. The van der Waals surface area contributed by atoms with E-state index in [1.807, 2.05) is 0 Å². The normalized spacial score (nSPS) is 38.4. The first-order valence-electron chi connectivity index (χ1n) is 14.2. The van der Waals surface area contributed by atoms with Gasteiger partial charge in [0, 0.05) is 24.2 Å². The summed E-state index contributed by atoms with van der Waals surface area (Å²) in [6.45, 7) is 9.20. The van der Waals surface area contributed by atoms with E-state index < -0.39 is 0 Å². The van der Waals surface area contributed by atoms with Crippen molar-refractivity contribution >= 4 is 0 Å². The average Bonchev–Trinajstić information content (AvgIpc) is 3.44. The Morgan fingerprint density at radius 2 is 1.89 bits per heavy atom. The predicted octanol–water partition coefficient (Wildman–Crippen LogP) is 6.39. The number of para-hydroxylation sites is 1. The minimum atomic E-state index is -0.120. The van der Waals surface area contributed by atoms with Crippen LogP contribution in [-0.4, -0.2) is 27.5 Å². The fourth-order valence-corrected chi connectivity index (χ4v) is 8.92. The summed E-state index contributed by atoms with van der Waals surface area (Å²) in [6, 6.07) is 10.6. The van der Waals surface area contributed by atoms with Crippen LogP contribution in [-0.2, 0) is 6.54 Å². The molecule has 0 bridgehead atoms. The molecule has 2 aromatic rings. The number of nitrogens with one attached hydrogen (secondary N) is 1. The van der Waals surface area contributed by atoms with Gasteiger partial charge in [-0.2, -0.15) is 5.10 Å². The van der Waals surface area contributed by atoms with E-state index in [-0.39, 0.29) is 6.10 Å². The highest BCUT2D eigenvalue weighted by molar-refractivity contribution is 5.35. The molecule has 4 heteroatoms. The van der Waals surface area contributed by atoms with E-state index in [0.29, 0.717) is 16.7 Å². The summed E-state index contributed by atoms with van der Waals surface area (Å²) < 4.78 is 2.12. The van der Waals surface area contributed by atoms with Crippen LogP contribution in [0.15, 0.2) is 48.2 Å². The molecular formula is C31H43N3O. The van der Waals surface area contributed by atoms with E-state index in [9.17, 15) is 5.11 Å². The molecule has 35 heavy (non-hydrogen) atoms. The second kappa shape index (κ2) is 8.88. The van der Waals surface area contributed by atoms with E-state index in [2.05, 4.69) is 73.4 Å². The summed E-state index contributed by atoms with van der Waals surface area (Å²) in [5, 5.41) is 19.2. The van der Waals surface area contributed by atoms with E-state index >= 15 is 0 Å². The molecule has 0 aliphatic heterocycles. The zero-order valence-electron chi connectivity index (χ0n) is 21.8. The van der Waals surface area contributed by atoms with Crippen molar-refractivity contribution in [1.82, 2.24) is 15.1 Å². The summed E-state index contributed by atoms with van der Waals surface area (Å²) in [7, 11) is 0. The fraction of sp³-hybridized carbons (Fsp3) is 0.645. The van der Waals surface area contributed by atoms with Gasteiger partial charge >= 0.3 is 0 Å². The van der Waals surface area contributed by atoms with Gasteiger partial charge in [0.25, 0.3) is 0 Å². The number of nitrogens with zero attached hydrogens (tertiary/aromatic N) is 2. The standard InChI is InChI=1S/C31H43N3O/c1-4-32-19-21-20-34(23-8-6-5-7-9-23)33-29(21)28-13-12-26-25-11-10-22-18-24(35)14-16-30(22,2)27(25)15-17-31(26,28)3/h5-10,20,24-28,32,35H,4,11-19H2,1-3H3/t24-,25-,26-,27-,28+,30-,31-/m0/s1. The van der Waals surface area contributed by atoms with Gasteiger partial charge < -0.3 is 10.4 Å². The van der Waals surface area contributed by atoms with Crippen LogP contribution in [0, 0.1) is 28.6 Å². The maximum absolute atomic E-state index is 10.3. The van der Waals surface area contributed by atoms with Crippen molar-refractivity contribution in [2.75, 3.05) is 6.54 Å². The molecule has 3 fully saturated rings. The molecule has 7 atom stereocenters. The molecule has 188 valence electrons. The molecule has 6 rings (SSSR count). The summed E-state index contributed by atoms with van der Waals surface area (Å²) >= 11 is 0. The minimum absolute atomic E-state index is 0.120. The zero-order valence-corrected chi connectivity index (χ0v) is 21.8. The van der Waals surface area contributed by atoms with E-state index in [0.717, 1.165) is 49.4 Å². The first-order chi connectivity index (χ1) is 16.9. The summed E-state index contributed by atoms with van der Waals surface area (Å²) in [4.78, 5) is 0. The Balaban J connectivity index is 1.32. The van der Waals surface area contributed by atoms with Crippen LogP contribution in [0.4, 0.5) is 0 Å². The summed E-state index contributed by atoms with van der Waals surface area (Å²) in [5.74, 6) is 2.89. The Bertz CT molecular complexity index is 1090. The zero-order chi connectivity index (χ0) is 24.2. The van der Waals surface area contributed by atoms with Crippen molar-refractivity contribution in [3.8, 4) is 5.69 Å². The lowest BCUT2D eigenvalue weighted by atomic mass is 9.47. The molecule has 1 heterocycles. The Labute approximate surface area is 211 Å². The van der Waals surface area contributed by atoms with Crippen LogP contribution >= 0.6 is 0 Å². The quantitative estimate of drug-likeness (QED) is 0.495. The number of aromatic nitrogens is 2. The van der Waals surface area contributed by atoms with Gasteiger partial charge in [0.05, 0.1) is 17.5 Å². The number of hydrogen-bond acceptors (Lipinski definition) is 3. The molecule has 0 amide bonds. The molecule has 1 aromatic carbocycles. The van der Waals surface area contributed by atoms with E-state index in [4.69, 9.17) is 5.10 Å². The minimum Gasteiger partial charge on any atom is -0.393 e. The maximum atomic E-state index is 10.3. The monoisotopic (exact) mass is 473 g/mol. The van der Waals surface area contributed by atoms with Crippen molar-refractivity contribution < 1.29 is 5.11 Å². The van der Waals surface area contributed by atoms with Gasteiger partial charge in [0.2, 0.25) is 0 Å². The van der Waals surface area contributed by atoms with Crippen LogP contribution in [0.25, 0.3) is 5.69 Å². The van der Waals surface area contributed by atoms with Gasteiger partial charge in [-0.1, -0.05) is 50.6 Å². The van der Waals surface area contributed by atoms with Gasteiger partial charge in [-0.05, 0) is 98.6 Å². The second-order valence-corrected chi connectivity index (χ2v) is 12.4. The van der Waals surface area contributed by atoms with Crippen molar-refractivity contribution in [2.24, 2.45) is 28.6 Å². The summed E-state index contributed by atoms with van der Waals surface area (Å²) in [6.07, 6.45) is 14.2. The first-order valence-corrected chi connectivity index (χ1v) is 14.2. The average molecular weight is 474 g/mol. The molecule has 4 nitrogen and oxygen atoms in total. The Morgan fingerprint density at radius 1 is 1.06 bits per heavy atom. The third kappa shape index (κ3) is 3.74. The van der Waals surface area contributed by atoms with Crippen LogP contribution in [0.1, 0.15) is 89.3 Å². The second-order valence-electron chi connectivity index (χ2n) is 12.4. The fourth-order valence-electron chi connectivity index (χ4n) is 8.92. The molecule has 4 aliphatic rings. The van der Waals surface area contributed by atoms with Crippen LogP contribution in [0.3, 0.4) is 0 Å². The van der Waals surface area contributed by atoms with Gasteiger partial charge in [-0.3, -0.25) is 0 Å². The highest BCUT2D eigenvalue weighted by Crippen LogP contribution is 2.68. The van der Waals surface area contributed by atoms with Crippen LogP contribution < -0.4 is 5.32 Å². The first kappa shape index (κ1) is 23.5. The molecule has 2 N–H and O–H groups in total. The lowest BCUT2D eigenvalue weighted by Gasteiger charge is -2.58. The Morgan fingerprint density at radius 3 is 2.69 bits per heavy atom. The highest BCUT2D eigenvalue weighted by Gasteiger charge is 2.59. The van der Waals surface area contributed by atoms with Gasteiger partial charge in [-0.15, -0.1) is 0 Å². The van der Waals surface area contributed by atoms with Crippen molar-refractivity contribution in [1.29, 1.82) is 0 Å². The highest BCUT2D eigenvalue weighted by atomic mass is 16.3. The molecule has 3 saturated carbocycles. The molecule has 0 radical (unpaired) electrons. The van der Waals surface area contributed by atoms with Crippen LogP contribution in [0.2, 0.25) is 0 Å². The molecule has 1 aromatic heterocycles. The molecule has 4 aliphatic carbocycles. The number of aliphatic hydroxyl groups is 1. The third-order valence-corrected chi connectivity index (χ3v) is 10.8. The number of benzene rings is 1. The van der Waals surface area contributed by atoms with Crippen molar-refractivity contribution in [3.05, 3.63) is 59.4 Å². The smallest absolute Gasteiger partial charge is 0.0710 e. The van der Waals surface area contributed by atoms with Gasteiger partial charge in [-0.25, -0.2) is 4.68 Å². The SMILES string of the molecule is CCNCc1cn(-c2ccccc2)nc1[C@H]1CC[C@H]2[C@@H]3CC=C4C[C@@H](O)CC[C@]4(C)[C@H]3CC[C@]12C. The topological polar surface area (TPSA) is 50.1 Å². The van der Waals surface area contributed by atoms with Crippen molar-refractivity contribution in [3.63, 3.8) is 0 Å². The predicted molar refractivity (Wildman–Crippen MR) is 141 cm³/mol. The van der Waals surface area contributed by atoms with Gasteiger partial charge in [0.15, 0.2) is 0 Å². The third-order valence-electron chi connectivity index (χ3n) is 10.8. The summed E-state index contributed by atoms with van der Waals surface area (Å²) in [5.41, 5.74) is 6.09. The largest absolute Gasteiger partial charge is 0.393 e. The number of rotatable bonds is 5. The van der Waals surface area contributed by atoms with E-state index in [1.54, 1.807) is 5.57 Å². The lowest BCUT2D eigenvalue weighted by Crippen LogP contribution is -2.50. The molecule has 0 spiro atoms. The Kier molecular flexibility index (Phi) is 5.96. The van der Waals surface area contributed by atoms with Gasteiger partial charge in [0.1, 0.15) is 0 Å². The molecule has 0 saturated heterocycles. The number of allylic oxidation sites excluding steroid dienone is 1. The Hall–Kier alpha value is -1.91. The van der Waals surface area contributed by atoms with E-state index in [1.165, 1.54) is 49.8 Å². The number of aliphatic hydroxyl groups excluding tert-OH is 1. The van der Waals surface area contributed by atoms with Crippen LogP contribution in [0.5, 0.6) is 0 Å².